The second-order valence-electron chi connectivity index (χ2n) is 3.43. The largest absolute Gasteiger partial charge is 0.369 e. The first kappa shape index (κ1) is 12.3. The van der Waals surface area contributed by atoms with E-state index in [0.717, 1.165) is 17.1 Å². The number of nitrogens with one attached hydrogen (secondary N) is 2. The fourth-order valence-corrected chi connectivity index (χ4v) is 2.34. The lowest BCUT2D eigenvalue weighted by Gasteiger charge is -2.04. The van der Waals surface area contributed by atoms with E-state index in [1.807, 2.05) is 12.3 Å². The highest BCUT2D eigenvalue weighted by Crippen LogP contribution is 2.13. The van der Waals surface area contributed by atoms with Crippen LogP contribution in [0.3, 0.4) is 0 Å². The van der Waals surface area contributed by atoms with Gasteiger partial charge >= 0.3 is 0 Å². The number of anilines is 1. The van der Waals surface area contributed by atoms with Crippen molar-refractivity contribution in [1.29, 1.82) is 0 Å². The van der Waals surface area contributed by atoms with E-state index in [2.05, 4.69) is 36.2 Å². The van der Waals surface area contributed by atoms with Crippen LogP contribution in [0.5, 0.6) is 0 Å². The first-order chi connectivity index (χ1) is 8.16. The van der Waals surface area contributed by atoms with Crippen molar-refractivity contribution in [2.45, 2.75) is 13.3 Å². The highest BCUT2D eigenvalue weighted by molar-refractivity contribution is 9.10. The highest BCUT2D eigenvalue weighted by Gasteiger charge is 2.04. The summed E-state index contributed by atoms with van der Waals surface area (Å²) in [7, 11) is 0. The maximum absolute atomic E-state index is 11.3. The van der Waals surface area contributed by atoms with E-state index in [4.69, 9.17) is 0 Å². The third kappa shape index (κ3) is 3.13. The number of thiazole rings is 1. The molecule has 0 aliphatic carbocycles. The monoisotopic (exact) mass is 314 g/mol. The van der Waals surface area contributed by atoms with Gasteiger partial charge in [-0.1, -0.05) is 0 Å². The number of hydrogen-bond acceptors (Lipinski definition) is 5. The summed E-state index contributed by atoms with van der Waals surface area (Å²) < 4.78 is 0.425. The topological polar surface area (TPSA) is 70.7 Å². The maximum Gasteiger partial charge on any atom is 0.267 e. The Labute approximate surface area is 110 Å². The number of aromatic amines is 1. The molecule has 0 radical (unpaired) electrons. The molecule has 7 heteroatoms. The Morgan fingerprint density at radius 2 is 2.41 bits per heavy atom. The number of aromatic nitrogens is 3. The summed E-state index contributed by atoms with van der Waals surface area (Å²) >= 11 is 4.83. The summed E-state index contributed by atoms with van der Waals surface area (Å²) in [6.07, 6.45) is 2.19. The summed E-state index contributed by atoms with van der Waals surface area (Å²) in [5.74, 6) is 0.556. The Hall–Kier alpha value is -1.21. The normalized spacial score (nSPS) is 10.5. The van der Waals surface area contributed by atoms with Gasteiger partial charge in [0.15, 0.2) is 0 Å². The molecule has 0 saturated heterocycles. The zero-order valence-electron chi connectivity index (χ0n) is 9.16. The molecule has 0 amide bonds. The number of halogens is 1. The standard InChI is InChI=1S/C10H11BrN4OS/c1-6-15-7(4-17-6)2-3-12-9-8(11)10(16)14-5-13-9/h4-5H,2-3H2,1H3,(H2,12,13,14,16). The number of hydrogen-bond donors (Lipinski definition) is 2. The SMILES string of the molecule is Cc1nc(CCNc2nc[nH]c(=O)c2Br)cs1. The number of H-pyrrole nitrogens is 1. The van der Waals surface area contributed by atoms with Gasteiger partial charge in [-0.15, -0.1) is 11.3 Å². The lowest BCUT2D eigenvalue weighted by molar-refractivity contribution is 0.951. The average Bonchev–Trinajstić information content (AvgIpc) is 2.70. The lowest BCUT2D eigenvalue weighted by Crippen LogP contribution is -2.13. The average molecular weight is 315 g/mol. The minimum atomic E-state index is -0.188. The van der Waals surface area contributed by atoms with Gasteiger partial charge in [0.05, 0.1) is 17.0 Å². The summed E-state index contributed by atoms with van der Waals surface area (Å²) in [5, 5.41) is 6.20. The highest BCUT2D eigenvalue weighted by atomic mass is 79.9. The third-order valence-electron chi connectivity index (χ3n) is 2.14. The van der Waals surface area contributed by atoms with Crippen LogP contribution in [0.2, 0.25) is 0 Å². The van der Waals surface area contributed by atoms with Crippen LogP contribution in [-0.2, 0) is 6.42 Å². The number of nitrogens with zero attached hydrogens (tertiary/aromatic N) is 2. The fourth-order valence-electron chi connectivity index (χ4n) is 1.34. The summed E-state index contributed by atoms with van der Waals surface area (Å²) in [4.78, 5) is 22.2. The minimum Gasteiger partial charge on any atom is -0.369 e. The van der Waals surface area contributed by atoms with Crippen molar-refractivity contribution in [2.24, 2.45) is 0 Å². The molecule has 0 atom stereocenters. The quantitative estimate of drug-likeness (QED) is 0.905. The first-order valence-corrected chi connectivity index (χ1v) is 6.72. The second-order valence-corrected chi connectivity index (χ2v) is 5.28. The molecule has 0 fully saturated rings. The van der Waals surface area contributed by atoms with Crippen LogP contribution in [0.1, 0.15) is 10.7 Å². The van der Waals surface area contributed by atoms with Crippen molar-refractivity contribution in [3.05, 3.63) is 37.2 Å². The summed E-state index contributed by atoms with van der Waals surface area (Å²) in [6.45, 7) is 2.68. The van der Waals surface area contributed by atoms with Gasteiger partial charge in [0.2, 0.25) is 0 Å². The van der Waals surface area contributed by atoms with Crippen molar-refractivity contribution in [2.75, 3.05) is 11.9 Å². The Morgan fingerprint density at radius 3 is 3.12 bits per heavy atom. The molecule has 0 bridgehead atoms. The molecule has 0 unspecified atom stereocenters. The molecule has 2 N–H and O–H groups in total. The van der Waals surface area contributed by atoms with Crippen LogP contribution in [0.15, 0.2) is 21.0 Å². The van der Waals surface area contributed by atoms with E-state index < -0.39 is 0 Å². The van der Waals surface area contributed by atoms with E-state index in [0.29, 0.717) is 16.8 Å². The van der Waals surface area contributed by atoms with E-state index in [1.54, 1.807) is 11.3 Å². The molecular formula is C10H11BrN4OS. The molecule has 90 valence electrons. The second kappa shape index (κ2) is 5.42. The van der Waals surface area contributed by atoms with Crippen LogP contribution < -0.4 is 10.9 Å². The Balaban J connectivity index is 1.94. The van der Waals surface area contributed by atoms with Crippen molar-refractivity contribution in [3.8, 4) is 0 Å². The molecular weight excluding hydrogens is 304 g/mol. The Morgan fingerprint density at radius 1 is 1.59 bits per heavy atom. The fraction of sp³-hybridized carbons (Fsp3) is 0.300. The van der Waals surface area contributed by atoms with E-state index in [9.17, 15) is 4.79 Å². The Kier molecular flexibility index (Phi) is 3.90. The van der Waals surface area contributed by atoms with Crippen LogP contribution in [-0.4, -0.2) is 21.5 Å². The molecule has 2 aromatic rings. The van der Waals surface area contributed by atoms with Gasteiger partial charge < -0.3 is 10.3 Å². The van der Waals surface area contributed by atoms with E-state index >= 15 is 0 Å². The van der Waals surface area contributed by atoms with Crippen molar-refractivity contribution < 1.29 is 0 Å². The lowest BCUT2D eigenvalue weighted by atomic mass is 10.3. The molecule has 0 aliphatic rings. The summed E-state index contributed by atoms with van der Waals surface area (Å²) in [5.41, 5.74) is 0.868. The van der Waals surface area contributed by atoms with Gasteiger partial charge in [-0.05, 0) is 22.9 Å². The van der Waals surface area contributed by atoms with Gasteiger partial charge in [0.1, 0.15) is 10.3 Å². The molecule has 2 heterocycles. The van der Waals surface area contributed by atoms with Crippen molar-refractivity contribution in [3.63, 3.8) is 0 Å². The zero-order chi connectivity index (χ0) is 12.3. The first-order valence-electron chi connectivity index (χ1n) is 5.05. The number of rotatable bonds is 4. The van der Waals surface area contributed by atoms with Crippen LogP contribution in [0.25, 0.3) is 0 Å². The molecule has 0 aliphatic heterocycles. The van der Waals surface area contributed by atoms with Crippen LogP contribution in [0.4, 0.5) is 5.82 Å². The van der Waals surface area contributed by atoms with Crippen LogP contribution >= 0.6 is 27.3 Å². The minimum absolute atomic E-state index is 0.188. The van der Waals surface area contributed by atoms with Gasteiger partial charge in [-0.3, -0.25) is 4.79 Å². The molecule has 5 nitrogen and oxygen atoms in total. The van der Waals surface area contributed by atoms with E-state index in [1.165, 1.54) is 6.33 Å². The maximum atomic E-state index is 11.3. The van der Waals surface area contributed by atoms with Gasteiger partial charge in [-0.2, -0.15) is 0 Å². The molecule has 2 rings (SSSR count). The van der Waals surface area contributed by atoms with Gasteiger partial charge in [0, 0.05) is 18.3 Å². The smallest absolute Gasteiger partial charge is 0.267 e. The zero-order valence-corrected chi connectivity index (χ0v) is 11.6. The summed E-state index contributed by atoms with van der Waals surface area (Å²) in [6, 6.07) is 0. The molecule has 2 aromatic heterocycles. The van der Waals surface area contributed by atoms with Crippen molar-refractivity contribution >= 4 is 33.1 Å². The van der Waals surface area contributed by atoms with Crippen LogP contribution in [0, 0.1) is 6.92 Å². The van der Waals surface area contributed by atoms with Gasteiger partial charge in [-0.25, -0.2) is 9.97 Å². The molecule has 0 saturated carbocycles. The predicted octanol–water partition coefficient (Wildman–Crippen LogP) is 1.95. The third-order valence-corrected chi connectivity index (χ3v) is 3.69. The van der Waals surface area contributed by atoms with E-state index in [-0.39, 0.29) is 5.56 Å². The van der Waals surface area contributed by atoms with Crippen molar-refractivity contribution in [1.82, 2.24) is 15.0 Å². The van der Waals surface area contributed by atoms with Gasteiger partial charge in [0.25, 0.3) is 5.56 Å². The number of aryl methyl sites for hydroxylation is 1. The Bertz CT molecular complexity index is 565. The molecule has 0 aromatic carbocycles. The molecule has 17 heavy (non-hydrogen) atoms. The molecule has 0 spiro atoms. The predicted molar refractivity (Wildman–Crippen MR) is 71.6 cm³/mol.